The number of rotatable bonds is 7. The second-order valence-corrected chi connectivity index (χ2v) is 7.36. The molecule has 25 heavy (non-hydrogen) atoms. The number of aromatic nitrogens is 2. The largest absolute Gasteiger partial charge is 0.497 e. The van der Waals surface area contributed by atoms with Crippen molar-refractivity contribution in [1.29, 1.82) is 0 Å². The van der Waals surface area contributed by atoms with E-state index < -0.39 is 0 Å². The summed E-state index contributed by atoms with van der Waals surface area (Å²) in [5.74, 6) is 3.53. The molecule has 0 amide bonds. The monoisotopic (exact) mass is 338 g/mol. The first kappa shape index (κ1) is 17.9. The number of ether oxygens (including phenoxy) is 1. The first-order valence-corrected chi connectivity index (χ1v) is 9.73. The predicted molar refractivity (Wildman–Crippen MR) is 103 cm³/mol. The van der Waals surface area contributed by atoms with E-state index in [4.69, 9.17) is 4.74 Å². The van der Waals surface area contributed by atoms with Gasteiger partial charge in [-0.05, 0) is 54.5 Å². The smallest absolute Gasteiger partial charge is 0.159 e. The average Bonchev–Trinajstić information content (AvgIpc) is 2.68. The van der Waals surface area contributed by atoms with Crippen LogP contribution in [0.3, 0.4) is 0 Å². The van der Waals surface area contributed by atoms with Crippen LogP contribution in [0.25, 0.3) is 11.4 Å². The van der Waals surface area contributed by atoms with Crippen LogP contribution in [0, 0.1) is 11.8 Å². The molecular formula is C22H30N2O. The first-order chi connectivity index (χ1) is 12.3. The van der Waals surface area contributed by atoms with E-state index in [1.165, 1.54) is 50.5 Å². The average molecular weight is 338 g/mol. The molecule has 0 atom stereocenters. The molecule has 2 aromatic rings. The zero-order chi connectivity index (χ0) is 17.5. The first-order valence-electron chi connectivity index (χ1n) is 9.73. The van der Waals surface area contributed by atoms with Gasteiger partial charge in [0.1, 0.15) is 5.75 Å². The fourth-order valence-electron chi connectivity index (χ4n) is 3.96. The molecule has 1 aliphatic rings. The third-order valence-electron chi connectivity index (χ3n) is 5.56. The number of methoxy groups -OCH3 is 1. The van der Waals surface area contributed by atoms with Crippen LogP contribution < -0.4 is 4.74 Å². The Balaban J connectivity index is 1.49. The molecule has 0 saturated heterocycles. The number of aryl methyl sites for hydroxylation is 1. The summed E-state index contributed by atoms with van der Waals surface area (Å²) < 4.78 is 5.19. The molecule has 0 radical (unpaired) electrons. The molecular weight excluding hydrogens is 308 g/mol. The van der Waals surface area contributed by atoms with Gasteiger partial charge in [-0.1, -0.05) is 45.4 Å². The van der Waals surface area contributed by atoms with Gasteiger partial charge >= 0.3 is 0 Å². The highest BCUT2D eigenvalue weighted by Gasteiger charge is 2.20. The van der Waals surface area contributed by atoms with Gasteiger partial charge in [0.15, 0.2) is 5.82 Å². The zero-order valence-corrected chi connectivity index (χ0v) is 15.6. The van der Waals surface area contributed by atoms with E-state index in [-0.39, 0.29) is 0 Å². The van der Waals surface area contributed by atoms with E-state index in [9.17, 15) is 0 Å². The van der Waals surface area contributed by atoms with Crippen LogP contribution in [0.5, 0.6) is 5.75 Å². The van der Waals surface area contributed by atoms with Crippen molar-refractivity contribution in [2.75, 3.05) is 7.11 Å². The molecule has 1 saturated carbocycles. The van der Waals surface area contributed by atoms with Gasteiger partial charge in [0, 0.05) is 18.0 Å². The quantitative estimate of drug-likeness (QED) is 0.650. The third kappa shape index (κ3) is 5.04. The Hall–Kier alpha value is -1.90. The summed E-state index contributed by atoms with van der Waals surface area (Å²) in [6.07, 6.45) is 14.8. The highest BCUT2D eigenvalue weighted by Crippen LogP contribution is 2.33. The zero-order valence-electron chi connectivity index (χ0n) is 15.6. The van der Waals surface area contributed by atoms with Crippen LogP contribution in [0.2, 0.25) is 0 Å². The van der Waals surface area contributed by atoms with Gasteiger partial charge in [0.25, 0.3) is 0 Å². The van der Waals surface area contributed by atoms with E-state index in [0.717, 1.165) is 35.4 Å². The Morgan fingerprint density at radius 3 is 2.08 bits per heavy atom. The van der Waals surface area contributed by atoms with Gasteiger partial charge < -0.3 is 4.74 Å². The van der Waals surface area contributed by atoms with Gasteiger partial charge in [-0.3, -0.25) is 0 Å². The normalized spacial score (nSPS) is 20.4. The fourth-order valence-corrected chi connectivity index (χ4v) is 3.96. The highest BCUT2D eigenvalue weighted by molar-refractivity contribution is 5.55. The van der Waals surface area contributed by atoms with Crippen molar-refractivity contribution < 1.29 is 4.74 Å². The van der Waals surface area contributed by atoms with Gasteiger partial charge in [-0.2, -0.15) is 0 Å². The molecule has 0 aliphatic heterocycles. The van der Waals surface area contributed by atoms with Gasteiger partial charge in [-0.25, -0.2) is 9.97 Å². The van der Waals surface area contributed by atoms with Gasteiger partial charge in [0.05, 0.1) is 7.11 Å². The van der Waals surface area contributed by atoms with E-state index in [1.807, 2.05) is 36.7 Å². The summed E-state index contributed by atoms with van der Waals surface area (Å²) in [7, 11) is 1.68. The minimum Gasteiger partial charge on any atom is -0.497 e. The Morgan fingerprint density at radius 2 is 1.52 bits per heavy atom. The molecule has 0 unspecified atom stereocenters. The molecule has 0 N–H and O–H groups in total. The Bertz CT molecular complexity index is 628. The van der Waals surface area contributed by atoms with Crippen LogP contribution in [0.1, 0.15) is 57.4 Å². The van der Waals surface area contributed by atoms with Crippen molar-refractivity contribution in [2.24, 2.45) is 11.8 Å². The predicted octanol–water partition coefficient (Wildman–Crippen LogP) is 5.69. The lowest BCUT2D eigenvalue weighted by molar-refractivity contribution is 0.252. The topological polar surface area (TPSA) is 35.0 Å². The van der Waals surface area contributed by atoms with E-state index >= 15 is 0 Å². The van der Waals surface area contributed by atoms with Crippen LogP contribution >= 0.6 is 0 Å². The summed E-state index contributed by atoms with van der Waals surface area (Å²) in [6, 6.07) is 7.90. The summed E-state index contributed by atoms with van der Waals surface area (Å²) >= 11 is 0. The Labute approximate surface area is 151 Å². The van der Waals surface area contributed by atoms with Crippen LogP contribution in [0.4, 0.5) is 0 Å². The third-order valence-corrected chi connectivity index (χ3v) is 5.56. The molecule has 0 spiro atoms. The molecule has 134 valence electrons. The summed E-state index contributed by atoms with van der Waals surface area (Å²) in [6.45, 7) is 2.31. The SMILES string of the molecule is CCC[C@H]1CC[C@H](CCc2cnc(-c3ccc(OC)cc3)nc2)CC1. The number of hydrogen-bond donors (Lipinski definition) is 0. The highest BCUT2D eigenvalue weighted by atomic mass is 16.5. The van der Waals surface area contributed by atoms with E-state index in [2.05, 4.69) is 16.9 Å². The molecule has 0 bridgehead atoms. The molecule has 1 aromatic heterocycles. The number of nitrogens with zero attached hydrogens (tertiary/aromatic N) is 2. The van der Waals surface area contributed by atoms with Crippen molar-refractivity contribution in [2.45, 2.75) is 58.3 Å². The molecule has 1 fully saturated rings. The van der Waals surface area contributed by atoms with E-state index in [1.54, 1.807) is 7.11 Å². The lowest BCUT2D eigenvalue weighted by Gasteiger charge is -2.28. The molecule has 3 rings (SSSR count). The van der Waals surface area contributed by atoms with Crippen molar-refractivity contribution >= 4 is 0 Å². The summed E-state index contributed by atoms with van der Waals surface area (Å²) in [5, 5.41) is 0. The second kappa shape index (κ2) is 8.98. The minimum absolute atomic E-state index is 0.784. The fraction of sp³-hybridized carbons (Fsp3) is 0.545. The molecule has 3 nitrogen and oxygen atoms in total. The van der Waals surface area contributed by atoms with Crippen molar-refractivity contribution in [1.82, 2.24) is 9.97 Å². The Kier molecular flexibility index (Phi) is 6.43. The van der Waals surface area contributed by atoms with Gasteiger partial charge in [-0.15, -0.1) is 0 Å². The van der Waals surface area contributed by atoms with E-state index in [0.29, 0.717) is 0 Å². The lowest BCUT2D eigenvalue weighted by Crippen LogP contribution is -2.15. The molecule has 1 heterocycles. The molecule has 1 aromatic carbocycles. The van der Waals surface area contributed by atoms with Crippen LogP contribution in [0.15, 0.2) is 36.7 Å². The standard InChI is InChI=1S/C22H30N2O/c1-3-4-17-5-7-18(8-6-17)9-10-19-15-23-22(24-16-19)20-11-13-21(25-2)14-12-20/h11-18H,3-10H2,1-2H3/t17-,18-. The second-order valence-electron chi connectivity index (χ2n) is 7.36. The van der Waals surface area contributed by atoms with Crippen molar-refractivity contribution in [3.63, 3.8) is 0 Å². The maximum atomic E-state index is 5.19. The Morgan fingerprint density at radius 1 is 0.920 bits per heavy atom. The van der Waals surface area contributed by atoms with Crippen molar-refractivity contribution in [3.8, 4) is 17.1 Å². The van der Waals surface area contributed by atoms with Crippen molar-refractivity contribution in [3.05, 3.63) is 42.2 Å². The minimum atomic E-state index is 0.784. The summed E-state index contributed by atoms with van der Waals surface area (Å²) in [4.78, 5) is 9.11. The number of hydrogen-bond acceptors (Lipinski definition) is 3. The van der Waals surface area contributed by atoms with Crippen LogP contribution in [-0.4, -0.2) is 17.1 Å². The molecule has 3 heteroatoms. The number of benzene rings is 1. The molecule has 1 aliphatic carbocycles. The maximum absolute atomic E-state index is 5.19. The van der Waals surface area contributed by atoms with Gasteiger partial charge in [0.2, 0.25) is 0 Å². The lowest BCUT2D eigenvalue weighted by atomic mass is 9.78. The summed E-state index contributed by atoms with van der Waals surface area (Å²) in [5.41, 5.74) is 2.29. The maximum Gasteiger partial charge on any atom is 0.159 e. The van der Waals surface area contributed by atoms with Crippen LogP contribution in [-0.2, 0) is 6.42 Å².